The van der Waals surface area contributed by atoms with Crippen LogP contribution in [0.4, 0.5) is 0 Å². The molecule has 1 aromatic heterocycles. The molecule has 0 saturated heterocycles. The number of hydrogen-bond donors (Lipinski definition) is 0. The van der Waals surface area contributed by atoms with E-state index in [2.05, 4.69) is 61.2 Å². The molecule has 230 valence electrons. The average molecular weight is 628 g/mol. The molecule has 7 rings (SSSR count). The Morgan fingerprint density at radius 2 is 1.08 bits per heavy atom. The summed E-state index contributed by atoms with van der Waals surface area (Å²) in [5.74, 6) is 1.74. The van der Waals surface area contributed by atoms with E-state index < -0.39 is 0 Å². The van der Waals surface area contributed by atoms with E-state index in [0.29, 0.717) is 28.6 Å². The molecule has 0 amide bonds. The zero-order valence-corrected chi connectivity index (χ0v) is 26.8. The fourth-order valence-corrected chi connectivity index (χ4v) is 6.10. The summed E-state index contributed by atoms with van der Waals surface area (Å²) in [6.07, 6.45) is 3.71. The van der Waals surface area contributed by atoms with Gasteiger partial charge in [0.05, 0.1) is 23.3 Å². The molecule has 0 spiro atoms. The number of benzene rings is 6. The third-order valence-corrected chi connectivity index (χ3v) is 8.51. The van der Waals surface area contributed by atoms with Crippen molar-refractivity contribution in [3.8, 4) is 68.3 Å². The molecule has 0 saturated carbocycles. The summed E-state index contributed by atoms with van der Waals surface area (Å²) in [4.78, 5) is 14.6. The molecule has 0 aliphatic rings. The first-order chi connectivity index (χ1) is 24.1. The molecular formula is C44H29N5. The van der Waals surface area contributed by atoms with Gasteiger partial charge in [0.2, 0.25) is 0 Å². The fraction of sp³-hybridized carbons (Fsp3) is 0.0227. The van der Waals surface area contributed by atoms with Crippen LogP contribution < -0.4 is 0 Å². The second kappa shape index (κ2) is 13.4. The molecule has 7 aromatic rings. The highest BCUT2D eigenvalue weighted by atomic mass is 15.0. The van der Waals surface area contributed by atoms with Crippen LogP contribution in [0.25, 0.3) is 72.5 Å². The highest BCUT2D eigenvalue weighted by Gasteiger charge is 2.15. The lowest BCUT2D eigenvalue weighted by molar-refractivity contribution is 1.04. The molecule has 0 aliphatic heterocycles. The summed E-state index contributed by atoms with van der Waals surface area (Å²) in [7, 11) is 0. The van der Waals surface area contributed by atoms with Gasteiger partial charge in [-0.2, -0.15) is 10.5 Å². The molecule has 5 heteroatoms. The van der Waals surface area contributed by atoms with Gasteiger partial charge in [0.15, 0.2) is 17.5 Å². The lowest BCUT2D eigenvalue weighted by Gasteiger charge is -2.14. The Hall–Kier alpha value is -6.95. The Labute approximate surface area is 285 Å². The van der Waals surface area contributed by atoms with Crippen molar-refractivity contribution in [2.45, 2.75) is 6.92 Å². The third kappa shape index (κ3) is 6.13. The molecule has 0 bridgehead atoms. The van der Waals surface area contributed by atoms with E-state index in [9.17, 15) is 10.5 Å². The van der Waals surface area contributed by atoms with E-state index in [1.54, 1.807) is 12.1 Å². The first-order valence-corrected chi connectivity index (χ1v) is 15.9. The van der Waals surface area contributed by atoms with Gasteiger partial charge >= 0.3 is 0 Å². The van der Waals surface area contributed by atoms with E-state index in [0.717, 1.165) is 60.9 Å². The highest BCUT2D eigenvalue weighted by molar-refractivity contribution is 6.05. The van der Waals surface area contributed by atoms with Crippen LogP contribution in [0.3, 0.4) is 0 Å². The number of nitriles is 2. The van der Waals surface area contributed by atoms with E-state index in [-0.39, 0.29) is 0 Å². The monoisotopic (exact) mass is 627 g/mol. The lowest BCUT2D eigenvalue weighted by atomic mass is 9.89. The molecule has 0 unspecified atom stereocenters. The number of allylic oxidation sites excluding steroid dienone is 3. The SMILES string of the molecule is C=C/C(=C\C)c1nc(-c2ccccc2)nc(-c2cccc(-c3ccc(-c4cc(C#N)cc(-c5cccc(C#N)c5)c4)c4ccccc34)c2)n1. The van der Waals surface area contributed by atoms with Crippen molar-refractivity contribution in [1.29, 1.82) is 10.5 Å². The Morgan fingerprint density at radius 1 is 0.531 bits per heavy atom. The Kier molecular flexibility index (Phi) is 8.40. The van der Waals surface area contributed by atoms with E-state index >= 15 is 0 Å². The van der Waals surface area contributed by atoms with Crippen LogP contribution in [-0.4, -0.2) is 15.0 Å². The van der Waals surface area contributed by atoms with Gasteiger partial charge in [-0.05, 0) is 87.5 Å². The molecule has 0 radical (unpaired) electrons. The Bertz CT molecular complexity index is 2500. The summed E-state index contributed by atoms with van der Waals surface area (Å²) in [5.41, 5.74) is 9.56. The van der Waals surface area contributed by atoms with Crippen molar-refractivity contribution in [3.05, 3.63) is 169 Å². The van der Waals surface area contributed by atoms with E-state index in [1.165, 1.54) is 0 Å². The standard InChI is InChI=1S/C44H29N5/c1-3-31(4-2)42-47-43(32-13-6-5-7-14-32)49-44(48-42)35-17-11-16-34(25-35)38-20-21-39(41-19-9-8-18-40(38)41)37-24-30(28-46)23-36(26-37)33-15-10-12-29(22-33)27-45/h3-26H,1H2,2H3/b31-4+. The minimum atomic E-state index is 0.555. The highest BCUT2D eigenvalue weighted by Crippen LogP contribution is 2.38. The smallest absolute Gasteiger partial charge is 0.164 e. The molecule has 0 fully saturated rings. The van der Waals surface area contributed by atoms with Crippen LogP contribution in [0.5, 0.6) is 0 Å². The molecule has 1 heterocycles. The van der Waals surface area contributed by atoms with Crippen molar-refractivity contribution < 1.29 is 0 Å². The predicted octanol–water partition coefficient (Wildman–Crippen LogP) is 10.7. The van der Waals surface area contributed by atoms with Crippen LogP contribution in [0.1, 0.15) is 23.9 Å². The molecule has 0 N–H and O–H groups in total. The average Bonchev–Trinajstić information content (AvgIpc) is 3.18. The molecule has 5 nitrogen and oxygen atoms in total. The minimum absolute atomic E-state index is 0.555. The quantitative estimate of drug-likeness (QED) is 0.164. The van der Waals surface area contributed by atoms with Crippen molar-refractivity contribution in [3.63, 3.8) is 0 Å². The van der Waals surface area contributed by atoms with Gasteiger partial charge in [-0.25, -0.2) is 15.0 Å². The minimum Gasteiger partial charge on any atom is -0.208 e. The largest absolute Gasteiger partial charge is 0.208 e. The van der Waals surface area contributed by atoms with Crippen LogP contribution in [-0.2, 0) is 0 Å². The third-order valence-electron chi connectivity index (χ3n) is 8.51. The molecule has 6 aromatic carbocycles. The number of rotatable bonds is 7. The Balaban J connectivity index is 1.35. The van der Waals surface area contributed by atoms with E-state index in [1.807, 2.05) is 97.9 Å². The van der Waals surface area contributed by atoms with Gasteiger partial charge in [0.25, 0.3) is 0 Å². The summed E-state index contributed by atoms with van der Waals surface area (Å²) < 4.78 is 0. The topological polar surface area (TPSA) is 86.2 Å². The van der Waals surface area contributed by atoms with Gasteiger partial charge in [-0.1, -0.05) is 116 Å². The van der Waals surface area contributed by atoms with Crippen LogP contribution in [0.2, 0.25) is 0 Å². The first kappa shape index (κ1) is 30.7. The molecule has 0 atom stereocenters. The van der Waals surface area contributed by atoms with Crippen molar-refractivity contribution in [2.75, 3.05) is 0 Å². The van der Waals surface area contributed by atoms with Gasteiger partial charge in [-0.3, -0.25) is 0 Å². The van der Waals surface area contributed by atoms with Crippen LogP contribution >= 0.6 is 0 Å². The Morgan fingerprint density at radius 3 is 1.78 bits per heavy atom. The van der Waals surface area contributed by atoms with Crippen LogP contribution in [0, 0.1) is 22.7 Å². The molecular weight excluding hydrogens is 599 g/mol. The first-order valence-electron chi connectivity index (χ1n) is 15.9. The van der Waals surface area contributed by atoms with E-state index in [4.69, 9.17) is 15.0 Å². The summed E-state index contributed by atoms with van der Waals surface area (Å²) in [5, 5.41) is 21.5. The maximum Gasteiger partial charge on any atom is 0.164 e. The number of nitrogens with zero attached hydrogens (tertiary/aromatic N) is 5. The van der Waals surface area contributed by atoms with Gasteiger partial charge in [-0.15, -0.1) is 0 Å². The van der Waals surface area contributed by atoms with Crippen molar-refractivity contribution >= 4 is 16.3 Å². The maximum atomic E-state index is 9.94. The van der Waals surface area contributed by atoms with Gasteiger partial charge in [0, 0.05) is 16.7 Å². The predicted molar refractivity (Wildman–Crippen MR) is 198 cm³/mol. The normalized spacial score (nSPS) is 11.1. The van der Waals surface area contributed by atoms with Gasteiger partial charge in [0.1, 0.15) is 0 Å². The summed E-state index contributed by atoms with van der Waals surface area (Å²) in [6.45, 7) is 5.91. The van der Waals surface area contributed by atoms with Crippen molar-refractivity contribution in [1.82, 2.24) is 15.0 Å². The second-order valence-electron chi connectivity index (χ2n) is 11.5. The summed E-state index contributed by atoms with van der Waals surface area (Å²) >= 11 is 0. The molecule has 0 aliphatic carbocycles. The maximum absolute atomic E-state index is 9.94. The van der Waals surface area contributed by atoms with Crippen LogP contribution in [0.15, 0.2) is 152 Å². The fourth-order valence-electron chi connectivity index (χ4n) is 6.10. The molecule has 49 heavy (non-hydrogen) atoms. The van der Waals surface area contributed by atoms with Crippen molar-refractivity contribution in [2.24, 2.45) is 0 Å². The second-order valence-corrected chi connectivity index (χ2v) is 11.5. The number of hydrogen-bond acceptors (Lipinski definition) is 5. The summed E-state index contributed by atoms with van der Waals surface area (Å²) in [6, 6.07) is 48.6. The van der Waals surface area contributed by atoms with Gasteiger partial charge < -0.3 is 0 Å². The zero-order chi connectivity index (χ0) is 33.7. The number of fused-ring (bicyclic) bond motifs is 1. The lowest BCUT2D eigenvalue weighted by Crippen LogP contribution is -2.02. The number of aromatic nitrogens is 3. The zero-order valence-electron chi connectivity index (χ0n) is 26.8.